The SMILES string of the molecule is COc1cccc(C(=O)Nc2cc3nc(C)c([C@H](OC(C)(C)C)C(=O)O)c(-c4cc(F)c5c(c4C)CCCO5)n3n2)c1. The van der Waals surface area contributed by atoms with Crippen LogP contribution in [0.25, 0.3) is 16.9 Å². The number of aromatic nitrogens is 3. The number of methoxy groups -OCH3 is 1. The number of carboxylic acids is 1. The first-order chi connectivity index (χ1) is 19.9. The molecule has 4 aromatic rings. The number of benzene rings is 2. The lowest BCUT2D eigenvalue weighted by atomic mass is 9.91. The maximum Gasteiger partial charge on any atom is 0.337 e. The second-order valence-electron chi connectivity index (χ2n) is 11.2. The van der Waals surface area contributed by atoms with E-state index in [1.165, 1.54) is 17.7 Å². The van der Waals surface area contributed by atoms with Gasteiger partial charge in [0.2, 0.25) is 0 Å². The van der Waals surface area contributed by atoms with Crippen molar-refractivity contribution in [1.82, 2.24) is 14.6 Å². The fraction of sp³-hybridized carbons (Fsp3) is 0.355. The number of carboxylic acid groups (broad SMARTS) is 1. The van der Waals surface area contributed by atoms with Crippen molar-refractivity contribution in [2.75, 3.05) is 19.0 Å². The van der Waals surface area contributed by atoms with Gasteiger partial charge in [0.15, 0.2) is 29.1 Å². The van der Waals surface area contributed by atoms with Crippen LogP contribution in [0.2, 0.25) is 0 Å². The molecule has 0 saturated carbocycles. The van der Waals surface area contributed by atoms with Crippen LogP contribution in [0.1, 0.15) is 66.0 Å². The number of halogens is 1. The standard InChI is InChI=1S/C31H33FN4O6/c1-16-20-11-8-12-41-27(20)22(32)14-21(16)26-25(28(30(38)39)42-31(3,4)5)17(2)33-24-15-23(35-36(24)26)34-29(37)18-9-7-10-19(13-18)40-6/h7,9-10,13-15,28H,8,11-12H2,1-6H3,(H,38,39)(H,34,35,37)/t28-/m0/s1. The Morgan fingerprint density at radius 1 is 1.19 bits per heavy atom. The number of aliphatic carboxylic acids is 1. The lowest BCUT2D eigenvalue weighted by Crippen LogP contribution is -2.29. The Kier molecular flexibility index (Phi) is 7.63. The number of amides is 1. The highest BCUT2D eigenvalue weighted by Crippen LogP contribution is 2.41. The highest BCUT2D eigenvalue weighted by molar-refractivity contribution is 6.04. The molecule has 2 aromatic heterocycles. The van der Waals surface area contributed by atoms with Gasteiger partial charge in [-0.3, -0.25) is 4.79 Å². The molecule has 0 bridgehead atoms. The molecule has 2 N–H and O–H groups in total. The predicted molar refractivity (Wildman–Crippen MR) is 154 cm³/mol. The maximum atomic E-state index is 15.5. The first-order valence-corrected chi connectivity index (χ1v) is 13.6. The van der Waals surface area contributed by atoms with E-state index in [0.717, 1.165) is 12.0 Å². The van der Waals surface area contributed by atoms with Crippen molar-refractivity contribution in [3.05, 3.63) is 70.2 Å². The Labute approximate surface area is 242 Å². The van der Waals surface area contributed by atoms with Crippen LogP contribution in [0, 0.1) is 19.7 Å². The smallest absolute Gasteiger partial charge is 0.337 e. The average Bonchev–Trinajstić information content (AvgIpc) is 3.34. The van der Waals surface area contributed by atoms with Crippen molar-refractivity contribution in [3.63, 3.8) is 0 Å². The van der Waals surface area contributed by atoms with Crippen LogP contribution in [-0.4, -0.2) is 50.9 Å². The van der Waals surface area contributed by atoms with E-state index in [9.17, 15) is 14.7 Å². The molecule has 0 saturated heterocycles. The van der Waals surface area contributed by atoms with Gasteiger partial charge in [-0.15, -0.1) is 5.10 Å². The highest BCUT2D eigenvalue weighted by atomic mass is 19.1. The van der Waals surface area contributed by atoms with E-state index in [2.05, 4.69) is 15.4 Å². The van der Waals surface area contributed by atoms with Crippen molar-refractivity contribution >= 4 is 23.3 Å². The van der Waals surface area contributed by atoms with Gasteiger partial charge >= 0.3 is 5.97 Å². The summed E-state index contributed by atoms with van der Waals surface area (Å²) >= 11 is 0. The molecule has 11 heteroatoms. The van der Waals surface area contributed by atoms with Crippen LogP contribution in [-0.2, 0) is 16.0 Å². The molecular weight excluding hydrogens is 543 g/mol. The summed E-state index contributed by atoms with van der Waals surface area (Å²) in [6.07, 6.45) is -0.108. The van der Waals surface area contributed by atoms with Crippen LogP contribution in [0.5, 0.6) is 11.5 Å². The van der Waals surface area contributed by atoms with Crippen LogP contribution in [0.15, 0.2) is 36.4 Å². The van der Waals surface area contributed by atoms with E-state index < -0.39 is 29.4 Å². The summed E-state index contributed by atoms with van der Waals surface area (Å²) in [5.41, 5.74) is 2.65. The number of nitrogens with zero attached hydrogens (tertiary/aromatic N) is 3. The molecule has 42 heavy (non-hydrogen) atoms. The molecule has 1 atom stereocenters. The van der Waals surface area contributed by atoms with Crippen molar-refractivity contribution < 1.29 is 33.3 Å². The monoisotopic (exact) mass is 576 g/mol. The highest BCUT2D eigenvalue weighted by Gasteiger charge is 2.34. The largest absolute Gasteiger partial charge is 0.497 e. The summed E-state index contributed by atoms with van der Waals surface area (Å²) in [7, 11) is 1.51. The number of hydrogen-bond donors (Lipinski definition) is 2. The quantitative estimate of drug-likeness (QED) is 0.288. The molecule has 2 aromatic carbocycles. The first kappa shape index (κ1) is 29.0. The van der Waals surface area contributed by atoms with Crippen LogP contribution >= 0.6 is 0 Å². The lowest BCUT2D eigenvalue weighted by Gasteiger charge is -2.28. The minimum absolute atomic E-state index is 0.177. The Morgan fingerprint density at radius 2 is 1.95 bits per heavy atom. The first-order valence-electron chi connectivity index (χ1n) is 13.6. The number of carbonyl (C=O) groups is 2. The molecule has 0 aliphatic carbocycles. The molecule has 220 valence electrons. The van der Waals surface area contributed by atoms with E-state index in [4.69, 9.17) is 14.2 Å². The van der Waals surface area contributed by atoms with Crippen LogP contribution in [0.3, 0.4) is 0 Å². The number of ether oxygens (including phenoxy) is 3. The van der Waals surface area contributed by atoms with Gasteiger partial charge in [0.25, 0.3) is 5.91 Å². The number of hydrogen-bond acceptors (Lipinski definition) is 7. The average molecular weight is 577 g/mol. The van der Waals surface area contributed by atoms with E-state index in [1.807, 2.05) is 6.92 Å². The van der Waals surface area contributed by atoms with Gasteiger partial charge in [0.1, 0.15) is 5.75 Å². The minimum Gasteiger partial charge on any atom is -0.497 e. The molecule has 0 radical (unpaired) electrons. The second-order valence-corrected chi connectivity index (χ2v) is 11.2. The number of fused-ring (bicyclic) bond motifs is 2. The molecule has 1 aliphatic rings. The number of carbonyl (C=O) groups excluding carboxylic acids is 1. The van der Waals surface area contributed by atoms with Crippen LogP contribution < -0.4 is 14.8 Å². The molecule has 3 heterocycles. The summed E-state index contributed by atoms with van der Waals surface area (Å²) in [6.45, 7) is 9.21. The summed E-state index contributed by atoms with van der Waals surface area (Å²) in [5, 5.41) is 17.7. The fourth-order valence-corrected chi connectivity index (χ4v) is 5.21. The van der Waals surface area contributed by atoms with Crippen molar-refractivity contribution in [1.29, 1.82) is 0 Å². The lowest BCUT2D eigenvalue weighted by molar-refractivity contribution is -0.160. The molecule has 0 fully saturated rings. The van der Waals surface area contributed by atoms with Crippen LogP contribution in [0.4, 0.5) is 10.2 Å². The third-order valence-corrected chi connectivity index (χ3v) is 7.05. The van der Waals surface area contributed by atoms with Gasteiger partial charge in [-0.1, -0.05) is 6.07 Å². The Morgan fingerprint density at radius 3 is 2.64 bits per heavy atom. The van der Waals surface area contributed by atoms with Gasteiger partial charge in [-0.05, 0) is 77.3 Å². The molecule has 10 nitrogen and oxygen atoms in total. The van der Waals surface area contributed by atoms with Gasteiger partial charge in [0.05, 0.1) is 25.0 Å². The summed E-state index contributed by atoms with van der Waals surface area (Å²) in [6, 6.07) is 9.58. The molecule has 5 rings (SSSR count). The van der Waals surface area contributed by atoms with Gasteiger partial charge < -0.3 is 24.6 Å². The third kappa shape index (κ3) is 5.52. The number of aryl methyl sites for hydroxylation is 1. The van der Waals surface area contributed by atoms with Gasteiger partial charge in [0, 0.05) is 34.0 Å². The van der Waals surface area contributed by atoms with E-state index in [0.29, 0.717) is 52.5 Å². The molecule has 0 spiro atoms. The summed E-state index contributed by atoms with van der Waals surface area (Å²) in [5.74, 6) is -1.30. The number of nitrogens with one attached hydrogen (secondary N) is 1. The van der Waals surface area contributed by atoms with Gasteiger partial charge in [-0.25, -0.2) is 18.7 Å². The second kappa shape index (κ2) is 11.1. The molecular formula is C31H33FN4O6. The Hall–Kier alpha value is -4.51. The Bertz CT molecular complexity index is 1710. The zero-order chi connectivity index (χ0) is 30.3. The van der Waals surface area contributed by atoms with E-state index in [1.54, 1.807) is 58.0 Å². The van der Waals surface area contributed by atoms with E-state index >= 15 is 4.39 Å². The van der Waals surface area contributed by atoms with Gasteiger partial charge in [-0.2, -0.15) is 0 Å². The molecule has 0 unspecified atom stereocenters. The zero-order valence-electron chi connectivity index (χ0n) is 24.4. The fourth-order valence-electron chi connectivity index (χ4n) is 5.21. The molecule has 1 amide bonds. The zero-order valence-corrected chi connectivity index (χ0v) is 24.4. The third-order valence-electron chi connectivity index (χ3n) is 7.05. The van der Waals surface area contributed by atoms with Crippen molar-refractivity contribution in [2.24, 2.45) is 0 Å². The minimum atomic E-state index is -1.44. The number of rotatable bonds is 7. The topological polar surface area (TPSA) is 124 Å². The normalized spacial score (nSPS) is 13.8. The number of anilines is 1. The summed E-state index contributed by atoms with van der Waals surface area (Å²) < 4.78 is 33.8. The van der Waals surface area contributed by atoms with E-state index in [-0.39, 0.29) is 17.1 Å². The van der Waals surface area contributed by atoms with Crippen molar-refractivity contribution in [2.45, 2.75) is 59.2 Å². The maximum absolute atomic E-state index is 15.5. The predicted octanol–water partition coefficient (Wildman–Crippen LogP) is 5.68. The summed E-state index contributed by atoms with van der Waals surface area (Å²) in [4.78, 5) is 30.3. The molecule has 1 aliphatic heterocycles. The Balaban J connectivity index is 1.74. The van der Waals surface area contributed by atoms with Crippen molar-refractivity contribution in [3.8, 4) is 22.8 Å².